The fourth-order valence-corrected chi connectivity index (χ4v) is 8.83. The second-order valence-corrected chi connectivity index (χ2v) is 14.4. The molecule has 3 rings (SSSR count). The summed E-state index contributed by atoms with van der Waals surface area (Å²) in [6.45, 7) is 10.9. The van der Waals surface area contributed by atoms with E-state index >= 15 is 0 Å². The first-order chi connectivity index (χ1) is 19.9. The van der Waals surface area contributed by atoms with Crippen LogP contribution in [0.2, 0.25) is 0 Å². The Morgan fingerprint density at radius 3 is 1.16 bits per heavy atom. The highest BCUT2D eigenvalue weighted by molar-refractivity contribution is 7.67. The van der Waals surface area contributed by atoms with Crippen molar-refractivity contribution >= 4 is 35.8 Å². The molecule has 0 atom stereocenters. The van der Waals surface area contributed by atoms with E-state index in [2.05, 4.69) is 6.58 Å². The third-order valence-corrected chi connectivity index (χ3v) is 10.6. The minimum Gasteiger partial charge on any atom is -0.239 e. The van der Waals surface area contributed by atoms with Gasteiger partial charge in [0.2, 0.25) is 0 Å². The van der Waals surface area contributed by atoms with Crippen molar-refractivity contribution in [1.29, 1.82) is 0 Å². The molecule has 0 nitrogen and oxygen atoms in total. The average molecular weight is 657 g/mol. The molecule has 3 aromatic rings. The second kappa shape index (κ2) is 12.1. The van der Waals surface area contributed by atoms with E-state index in [1.165, 1.54) is 12.1 Å². The van der Waals surface area contributed by atoms with Gasteiger partial charge in [-0.3, -0.25) is 0 Å². The molecule has 44 heavy (non-hydrogen) atoms. The molecule has 0 aliphatic rings. The van der Waals surface area contributed by atoms with Crippen molar-refractivity contribution in [3.63, 3.8) is 0 Å². The van der Waals surface area contributed by atoms with Crippen molar-refractivity contribution in [1.82, 2.24) is 0 Å². The van der Waals surface area contributed by atoms with Crippen LogP contribution in [0.15, 0.2) is 73.2 Å². The smallest absolute Gasteiger partial charge is 0.239 e. The van der Waals surface area contributed by atoms with Gasteiger partial charge in [-0.1, -0.05) is 89.5 Å². The maximum atomic E-state index is 14.0. The van der Waals surface area contributed by atoms with Crippen LogP contribution in [0, 0.1) is 0 Å². The van der Waals surface area contributed by atoms with E-state index in [9.17, 15) is 52.7 Å². The summed E-state index contributed by atoms with van der Waals surface area (Å²) in [5, 5.41) is 0.407. The molecule has 0 saturated heterocycles. The molecule has 0 aromatic heterocycles. The molecular formula is C30H27BF12P-. The summed E-state index contributed by atoms with van der Waals surface area (Å²) in [5.74, 6) is 0.873. The van der Waals surface area contributed by atoms with Crippen LogP contribution in [-0.4, -0.2) is 17.5 Å². The summed E-state index contributed by atoms with van der Waals surface area (Å²) in [7, 11) is -1.29. The Morgan fingerprint density at radius 2 is 0.886 bits per heavy atom. The number of halogens is 12. The summed E-state index contributed by atoms with van der Waals surface area (Å²) in [6, 6.07) is 6.86. The molecule has 0 radical (unpaired) electrons. The van der Waals surface area contributed by atoms with Gasteiger partial charge in [0.1, 0.15) is 6.15 Å². The van der Waals surface area contributed by atoms with Gasteiger partial charge in [-0.05, 0) is 23.5 Å². The topological polar surface area (TPSA) is 0 Å². The van der Waals surface area contributed by atoms with Gasteiger partial charge < -0.3 is 0 Å². The Bertz CT molecular complexity index is 1350. The SMILES string of the molecule is C=C[B-](c1cc(C(F)(F)F)cc(C(F)(F)F)c1)(c1cc(C(F)(F)F)cc(C(F)(F)F)c1)c1ccccc1P(C(C)C)C(C)C. The normalized spacial score (nSPS) is 13.7. The molecule has 0 amide bonds. The Labute approximate surface area is 247 Å². The standard InChI is InChI=1S/C30H27BF12P/c1-6-31(25-9-7-8-10-26(25)44(17(2)3)18(4)5,23-13-19(27(32,33)34)11-20(14-23)28(35,36)37)24-15-21(29(38,39)40)12-22(16-24)30(41,42)43/h6-18H,1H2,2-5H3/q-1. The number of hydrogen-bond donors (Lipinski definition) is 0. The monoisotopic (exact) mass is 657 g/mol. The molecule has 14 heteroatoms. The lowest BCUT2D eigenvalue weighted by Gasteiger charge is -2.45. The number of alkyl halides is 12. The van der Waals surface area contributed by atoms with Gasteiger partial charge in [0.05, 0.1) is 22.3 Å². The maximum absolute atomic E-state index is 14.0. The predicted octanol–water partition coefficient (Wildman–Crippen LogP) is 8.88. The Balaban J connectivity index is 2.71. The van der Waals surface area contributed by atoms with Crippen molar-refractivity contribution in [3.05, 3.63) is 95.5 Å². The third-order valence-electron chi connectivity index (χ3n) is 7.44. The van der Waals surface area contributed by atoms with Crippen molar-refractivity contribution in [2.24, 2.45) is 0 Å². The molecule has 0 unspecified atom stereocenters. The van der Waals surface area contributed by atoms with E-state index in [-0.39, 0.29) is 28.9 Å². The van der Waals surface area contributed by atoms with E-state index in [0.29, 0.717) is 29.6 Å². The molecule has 0 fully saturated rings. The van der Waals surface area contributed by atoms with Gasteiger partial charge in [-0.15, -0.1) is 6.58 Å². The van der Waals surface area contributed by atoms with E-state index in [1.807, 2.05) is 27.7 Å². The third kappa shape index (κ3) is 7.13. The van der Waals surface area contributed by atoms with Crippen molar-refractivity contribution < 1.29 is 52.7 Å². The van der Waals surface area contributed by atoms with Crippen LogP contribution in [0.3, 0.4) is 0 Å². The molecule has 0 aliphatic carbocycles. The van der Waals surface area contributed by atoms with Crippen LogP contribution in [0.5, 0.6) is 0 Å². The van der Waals surface area contributed by atoms with Gasteiger partial charge in [0, 0.05) is 0 Å². The summed E-state index contributed by atoms with van der Waals surface area (Å²) in [5.41, 5.74) is -8.95. The predicted molar refractivity (Wildman–Crippen MR) is 151 cm³/mol. The average Bonchev–Trinajstić information content (AvgIpc) is 2.87. The molecule has 0 heterocycles. The summed E-state index contributed by atoms with van der Waals surface area (Å²) in [4.78, 5) is 0. The lowest BCUT2D eigenvalue weighted by Crippen LogP contribution is -2.69. The first-order valence-corrected chi connectivity index (χ1v) is 14.7. The van der Waals surface area contributed by atoms with Crippen LogP contribution in [0.25, 0.3) is 0 Å². The zero-order valence-electron chi connectivity index (χ0n) is 23.8. The number of rotatable bonds is 7. The van der Waals surface area contributed by atoms with Gasteiger partial charge in [-0.2, -0.15) is 69.1 Å². The number of hydrogen-bond acceptors (Lipinski definition) is 0. The molecule has 0 spiro atoms. The minimum absolute atomic E-state index is 0.0177. The van der Waals surface area contributed by atoms with Gasteiger partial charge in [0.15, 0.2) is 0 Å². The van der Waals surface area contributed by atoms with Crippen LogP contribution in [-0.2, 0) is 24.7 Å². The maximum Gasteiger partial charge on any atom is 0.416 e. The molecule has 0 N–H and O–H groups in total. The Hall–Kier alpha value is -2.95. The van der Waals surface area contributed by atoms with Gasteiger partial charge >= 0.3 is 24.7 Å². The lowest BCUT2D eigenvalue weighted by atomic mass is 9.15. The first-order valence-electron chi connectivity index (χ1n) is 13.2. The summed E-state index contributed by atoms with van der Waals surface area (Å²) in [6.07, 6.45) is -24.9. The van der Waals surface area contributed by atoms with Gasteiger partial charge in [-0.25, -0.2) is 5.98 Å². The largest absolute Gasteiger partial charge is 0.416 e. The Morgan fingerprint density at radius 1 is 0.568 bits per heavy atom. The van der Waals surface area contributed by atoms with Crippen LogP contribution in [0.4, 0.5) is 52.7 Å². The van der Waals surface area contributed by atoms with Crippen molar-refractivity contribution in [2.75, 3.05) is 0 Å². The molecule has 0 saturated carbocycles. The fraction of sp³-hybridized carbons (Fsp3) is 0.333. The Kier molecular flexibility index (Phi) is 9.77. The summed E-state index contributed by atoms with van der Waals surface area (Å²) < 4.78 is 168. The minimum atomic E-state index is -5.34. The molecular weight excluding hydrogens is 630 g/mol. The van der Waals surface area contributed by atoms with Crippen LogP contribution >= 0.6 is 7.92 Å². The highest BCUT2D eigenvalue weighted by Crippen LogP contribution is 2.45. The quantitative estimate of drug-likeness (QED) is 0.135. The lowest BCUT2D eigenvalue weighted by molar-refractivity contribution is -0.144. The van der Waals surface area contributed by atoms with E-state index < -0.39 is 72.0 Å². The molecule has 0 bridgehead atoms. The zero-order valence-corrected chi connectivity index (χ0v) is 24.7. The summed E-state index contributed by atoms with van der Waals surface area (Å²) >= 11 is 0. The van der Waals surface area contributed by atoms with E-state index in [1.54, 1.807) is 12.1 Å². The number of benzene rings is 3. The van der Waals surface area contributed by atoms with Crippen LogP contribution < -0.4 is 21.7 Å². The van der Waals surface area contributed by atoms with Crippen molar-refractivity contribution in [3.8, 4) is 0 Å². The fourth-order valence-electron chi connectivity index (χ4n) is 5.69. The van der Waals surface area contributed by atoms with E-state index in [0.717, 1.165) is 5.98 Å². The highest BCUT2D eigenvalue weighted by atomic mass is 31.1. The van der Waals surface area contributed by atoms with E-state index in [4.69, 9.17) is 0 Å². The molecule has 240 valence electrons. The highest BCUT2D eigenvalue weighted by Gasteiger charge is 2.42. The first kappa shape index (κ1) is 35.5. The van der Waals surface area contributed by atoms with Gasteiger partial charge in [0.25, 0.3) is 0 Å². The molecule has 3 aromatic carbocycles. The molecule has 0 aliphatic heterocycles. The second-order valence-electron chi connectivity index (χ2n) is 11.0. The van der Waals surface area contributed by atoms with Crippen LogP contribution in [0.1, 0.15) is 49.9 Å². The zero-order chi connectivity index (χ0) is 33.6. The van der Waals surface area contributed by atoms with Crippen molar-refractivity contribution in [2.45, 2.75) is 63.7 Å².